The normalized spacial score (nSPS) is 15.7. The molecule has 1 saturated heterocycles. The van der Waals surface area contributed by atoms with Gasteiger partial charge in [-0.25, -0.2) is 4.98 Å². The Morgan fingerprint density at radius 3 is 2.49 bits per heavy atom. The van der Waals surface area contributed by atoms with Crippen molar-refractivity contribution < 1.29 is 23.2 Å². The maximum atomic E-state index is 13.1. The molecule has 0 saturated carbocycles. The number of nitrogens with zero attached hydrogens (tertiary/aromatic N) is 3. The molecule has 1 atom stereocenters. The summed E-state index contributed by atoms with van der Waals surface area (Å²) in [5.74, 6) is 3.14. The molecule has 0 spiro atoms. The lowest BCUT2D eigenvalue weighted by molar-refractivity contribution is 0.0656. The molecule has 2 aromatic carbocycles. The van der Waals surface area contributed by atoms with E-state index >= 15 is 0 Å². The molecule has 2 aromatic heterocycles. The van der Waals surface area contributed by atoms with E-state index < -0.39 is 0 Å². The Kier molecular flexibility index (Phi) is 6.52. The van der Waals surface area contributed by atoms with Crippen molar-refractivity contribution >= 4 is 5.91 Å². The number of oxazole rings is 1. The standard InChI is InChI=1S/C27H27N3O5/c1-32-21-9-5-18(6-10-21)14-23-16-28-26(34-23)20-4-3-13-30(17-20)27(31)25-15-24(29-35-25)19-7-11-22(33-2)12-8-19/h5-12,15-16,20H,3-4,13-14,17H2,1-2H3. The lowest BCUT2D eigenvalue weighted by atomic mass is 9.97. The van der Waals surface area contributed by atoms with Crippen LogP contribution in [0.25, 0.3) is 11.3 Å². The van der Waals surface area contributed by atoms with Crippen LogP contribution in [0.2, 0.25) is 0 Å². The number of carbonyl (C=O) groups excluding carboxylic acids is 1. The van der Waals surface area contributed by atoms with Crippen molar-refractivity contribution in [2.45, 2.75) is 25.2 Å². The number of piperidine rings is 1. The fraction of sp³-hybridized carbons (Fsp3) is 0.296. The van der Waals surface area contributed by atoms with Crippen molar-refractivity contribution in [3.05, 3.63) is 83.8 Å². The second-order valence-electron chi connectivity index (χ2n) is 8.58. The largest absolute Gasteiger partial charge is 0.497 e. The number of likely N-dealkylation sites (tertiary alicyclic amines) is 1. The first-order valence-electron chi connectivity index (χ1n) is 11.6. The molecule has 1 aliphatic heterocycles. The number of amides is 1. The van der Waals surface area contributed by atoms with Gasteiger partial charge in [0.2, 0.25) is 5.76 Å². The first-order chi connectivity index (χ1) is 17.1. The fourth-order valence-corrected chi connectivity index (χ4v) is 4.33. The Hall–Kier alpha value is -4.07. The number of ether oxygens (including phenoxy) is 2. The van der Waals surface area contributed by atoms with Crippen LogP contribution in [0, 0.1) is 0 Å². The van der Waals surface area contributed by atoms with Gasteiger partial charge in [-0.1, -0.05) is 17.3 Å². The Morgan fingerprint density at radius 1 is 1.06 bits per heavy atom. The molecule has 180 valence electrons. The van der Waals surface area contributed by atoms with Gasteiger partial charge in [0.15, 0.2) is 5.89 Å². The molecule has 1 amide bonds. The molecule has 0 bridgehead atoms. The highest BCUT2D eigenvalue weighted by molar-refractivity contribution is 5.92. The summed E-state index contributed by atoms with van der Waals surface area (Å²) in [7, 11) is 3.27. The molecule has 5 rings (SSSR count). The van der Waals surface area contributed by atoms with Crippen molar-refractivity contribution in [1.82, 2.24) is 15.0 Å². The minimum atomic E-state index is -0.174. The molecule has 0 aliphatic carbocycles. The maximum absolute atomic E-state index is 13.1. The van der Waals surface area contributed by atoms with Crippen LogP contribution in [-0.2, 0) is 6.42 Å². The topological polar surface area (TPSA) is 90.8 Å². The highest BCUT2D eigenvalue weighted by Crippen LogP contribution is 2.29. The van der Waals surface area contributed by atoms with Crippen molar-refractivity contribution in [2.75, 3.05) is 27.3 Å². The van der Waals surface area contributed by atoms with Gasteiger partial charge in [0, 0.05) is 31.1 Å². The number of benzene rings is 2. The summed E-state index contributed by atoms with van der Waals surface area (Å²) in [5, 5.41) is 4.09. The lowest BCUT2D eigenvalue weighted by Crippen LogP contribution is -2.39. The van der Waals surface area contributed by atoms with Gasteiger partial charge in [0.25, 0.3) is 5.91 Å². The number of hydrogen-bond donors (Lipinski definition) is 0. The zero-order valence-electron chi connectivity index (χ0n) is 19.8. The third-order valence-corrected chi connectivity index (χ3v) is 6.27. The summed E-state index contributed by atoms with van der Waals surface area (Å²) in [6.45, 7) is 1.19. The first kappa shape index (κ1) is 22.7. The minimum absolute atomic E-state index is 0.0429. The van der Waals surface area contributed by atoms with E-state index in [1.165, 1.54) is 0 Å². The van der Waals surface area contributed by atoms with Crippen LogP contribution in [0.4, 0.5) is 0 Å². The van der Waals surface area contributed by atoms with E-state index in [9.17, 15) is 4.79 Å². The molecule has 35 heavy (non-hydrogen) atoms. The highest BCUT2D eigenvalue weighted by Gasteiger charge is 2.30. The smallest absolute Gasteiger partial charge is 0.292 e. The molecule has 0 N–H and O–H groups in total. The average Bonchev–Trinajstić information content (AvgIpc) is 3.59. The van der Waals surface area contributed by atoms with Gasteiger partial charge in [-0.2, -0.15) is 0 Å². The summed E-state index contributed by atoms with van der Waals surface area (Å²) in [4.78, 5) is 19.4. The number of methoxy groups -OCH3 is 2. The Balaban J connectivity index is 1.23. The van der Waals surface area contributed by atoms with Crippen LogP contribution in [0.15, 0.2) is 69.7 Å². The fourth-order valence-electron chi connectivity index (χ4n) is 4.33. The van der Waals surface area contributed by atoms with E-state index in [-0.39, 0.29) is 17.6 Å². The molecule has 3 heterocycles. The van der Waals surface area contributed by atoms with Gasteiger partial charge in [-0.05, 0) is 54.8 Å². The quantitative estimate of drug-likeness (QED) is 0.375. The van der Waals surface area contributed by atoms with E-state index in [1.807, 2.05) is 48.5 Å². The van der Waals surface area contributed by atoms with Crippen LogP contribution in [0.5, 0.6) is 11.5 Å². The molecule has 8 nitrogen and oxygen atoms in total. The van der Waals surface area contributed by atoms with E-state index in [0.717, 1.165) is 41.2 Å². The SMILES string of the molecule is COc1ccc(Cc2cnc(C3CCCN(C(=O)c4cc(-c5ccc(OC)cc5)no4)C3)o2)cc1. The highest BCUT2D eigenvalue weighted by atomic mass is 16.5. The van der Waals surface area contributed by atoms with Crippen LogP contribution in [0.3, 0.4) is 0 Å². The third-order valence-electron chi connectivity index (χ3n) is 6.27. The van der Waals surface area contributed by atoms with Crippen LogP contribution < -0.4 is 9.47 Å². The van der Waals surface area contributed by atoms with Crippen molar-refractivity contribution in [1.29, 1.82) is 0 Å². The van der Waals surface area contributed by atoms with E-state index in [0.29, 0.717) is 31.1 Å². The minimum Gasteiger partial charge on any atom is -0.497 e. The molecule has 4 aromatic rings. The van der Waals surface area contributed by atoms with Gasteiger partial charge < -0.3 is 23.3 Å². The molecular formula is C27H27N3O5. The monoisotopic (exact) mass is 473 g/mol. The molecule has 8 heteroatoms. The van der Waals surface area contributed by atoms with E-state index in [1.54, 1.807) is 31.4 Å². The number of hydrogen-bond acceptors (Lipinski definition) is 7. The van der Waals surface area contributed by atoms with Gasteiger partial charge in [-0.3, -0.25) is 4.79 Å². The Bertz CT molecular complexity index is 1280. The Morgan fingerprint density at radius 2 is 1.77 bits per heavy atom. The predicted molar refractivity (Wildman–Crippen MR) is 129 cm³/mol. The lowest BCUT2D eigenvalue weighted by Gasteiger charge is -2.30. The van der Waals surface area contributed by atoms with Gasteiger partial charge >= 0.3 is 0 Å². The number of carbonyl (C=O) groups is 1. The summed E-state index contributed by atoms with van der Waals surface area (Å²) in [6.07, 6.45) is 4.21. The zero-order chi connectivity index (χ0) is 24.2. The first-order valence-corrected chi connectivity index (χ1v) is 11.6. The summed E-state index contributed by atoms with van der Waals surface area (Å²) in [5.41, 5.74) is 2.58. The summed E-state index contributed by atoms with van der Waals surface area (Å²) < 4.78 is 21.9. The Labute approximate surface area is 203 Å². The molecule has 1 aliphatic rings. The van der Waals surface area contributed by atoms with E-state index in [2.05, 4.69) is 10.1 Å². The van der Waals surface area contributed by atoms with Gasteiger partial charge in [0.05, 0.1) is 26.3 Å². The zero-order valence-corrected chi connectivity index (χ0v) is 19.8. The van der Waals surface area contributed by atoms with Crippen molar-refractivity contribution in [2.24, 2.45) is 0 Å². The van der Waals surface area contributed by atoms with Gasteiger partial charge in [0.1, 0.15) is 23.0 Å². The second-order valence-corrected chi connectivity index (χ2v) is 8.58. The maximum Gasteiger partial charge on any atom is 0.292 e. The van der Waals surface area contributed by atoms with Crippen molar-refractivity contribution in [3.8, 4) is 22.8 Å². The average molecular weight is 474 g/mol. The van der Waals surface area contributed by atoms with Gasteiger partial charge in [-0.15, -0.1) is 0 Å². The van der Waals surface area contributed by atoms with E-state index in [4.69, 9.17) is 18.4 Å². The van der Waals surface area contributed by atoms with Crippen molar-refractivity contribution in [3.63, 3.8) is 0 Å². The van der Waals surface area contributed by atoms with Crippen LogP contribution in [-0.4, -0.2) is 48.3 Å². The molecular weight excluding hydrogens is 446 g/mol. The molecule has 1 fully saturated rings. The second kappa shape index (κ2) is 10.0. The number of rotatable bonds is 7. The summed E-state index contributed by atoms with van der Waals surface area (Å²) in [6, 6.07) is 17.0. The molecule has 1 unspecified atom stereocenters. The predicted octanol–water partition coefficient (Wildman–Crippen LogP) is 4.96. The third kappa shape index (κ3) is 5.06. The van der Waals surface area contributed by atoms with Crippen LogP contribution in [0.1, 0.15) is 46.5 Å². The molecule has 0 radical (unpaired) electrons. The number of aromatic nitrogens is 2. The van der Waals surface area contributed by atoms with Crippen LogP contribution >= 0.6 is 0 Å². The summed E-state index contributed by atoms with van der Waals surface area (Å²) >= 11 is 0.